The van der Waals surface area contributed by atoms with Crippen molar-refractivity contribution in [2.75, 3.05) is 37.0 Å². The molecule has 0 saturated heterocycles. The number of nitrogens with zero attached hydrogens (tertiary/aromatic N) is 1. The fraction of sp³-hybridized carbons (Fsp3) is 0.158. The molecular formula is C19H22N4O2. The Morgan fingerprint density at radius 2 is 1.72 bits per heavy atom. The summed E-state index contributed by atoms with van der Waals surface area (Å²) in [6.45, 7) is 0.677. The summed E-state index contributed by atoms with van der Waals surface area (Å²) in [6.07, 6.45) is 3.24. The summed E-state index contributed by atoms with van der Waals surface area (Å²) in [7, 11) is 3.84. The van der Waals surface area contributed by atoms with Crippen molar-refractivity contribution in [3.05, 3.63) is 66.2 Å². The van der Waals surface area contributed by atoms with Gasteiger partial charge in [0.2, 0.25) is 5.91 Å². The highest BCUT2D eigenvalue weighted by atomic mass is 16.2. The van der Waals surface area contributed by atoms with E-state index in [-0.39, 0.29) is 11.8 Å². The topological polar surface area (TPSA) is 87.5 Å². The number of carbonyl (C=O) groups is 2. The molecule has 2 aromatic rings. The van der Waals surface area contributed by atoms with E-state index in [2.05, 4.69) is 10.6 Å². The van der Waals surface area contributed by atoms with Gasteiger partial charge in [-0.1, -0.05) is 18.2 Å². The number of nitrogens with one attached hydrogen (secondary N) is 2. The van der Waals surface area contributed by atoms with Gasteiger partial charge in [-0.15, -0.1) is 0 Å². The number of nitrogen functional groups attached to an aromatic ring is 1. The Hall–Kier alpha value is -3.12. The maximum atomic E-state index is 12.3. The fourth-order valence-electron chi connectivity index (χ4n) is 2.11. The summed E-state index contributed by atoms with van der Waals surface area (Å²) < 4.78 is 0. The molecule has 0 saturated carbocycles. The zero-order valence-corrected chi connectivity index (χ0v) is 14.3. The lowest BCUT2D eigenvalue weighted by Gasteiger charge is -2.08. The number of hydrogen-bond donors (Lipinski definition) is 3. The predicted octanol–water partition coefficient (Wildman–Crippen LogP) is 2.58. The van der Waals surface area contributed by atoms with Crippen molar-refractivity contribution in [3.8, 4) is 0 Å². The number of hydrogen-bond acceptors (Lipinski definition) is 4. The molecule has 25 heavy (non-hydrogen) atoms. The average molecular weight is 338 g/mol. The van der Waals surface area contributed by atoms with Crippen LogP contribution in [0.2, 0.25) is 0 Å². The third kappa shape index (κ3) is 6.12. The van der Waals surface area contributed by atoms with Crippen molar-refractivity contribution in [1.29, 1.82) is 0 Å². The Bertz CT molecular complexity index is 784. The van der Waals surface area contributed by atoms with Crippen LogP contribution in [0.4, 0.5) is 17.1 Å². The molecule has 2 rings (SSSR count). The fourth-order valence-corrected chi connectivity index (χ4v) is 2.11. The van der Waals surface area contributed by atoms with Gasteiger partial charge in [-0.3, -0.25) is 9.59 Å². The van der Waals surface area contributed by atoms with E-state index in [0.717, 1.165) is 0 Å². The maximum absolute atomic E-state index is 12.3. The molecular weight excluding hydrogens is 316 g/mol. The summed E-state index contributed by atoms with van der Waals surface area (Å²) in [4.78, 5) is 26.1. The van der Waals surface area contributed by atoms with Gasteiger partial charge in [-0.05, 0) is 50.5 Å². The lowest BCUT2D eigenvalue weighted by Crippen LogP contribution is -2.14. The van der Waals surface area contributed by atoms with E-state index in [1.54, 1.807) is 54.6 Å². The van der Waals surface area contributed by atoms with Gasteiger partial charge in [-0.25, -0.2) is 0 Å². The molecule has 0 aliphatic rings. The molecule has 0 heterocycles. The first-order valence-electron chi connectivity index (χ1n) is 7.83. The summed E-state index contributed by atoms with van der Waals surface area (Å²) in [6, 6.07) is 13.7. The highest BCUT2D eigenvalue weighted by Gasteiger charge is 2.08. The molecule has 0 bridgehead atoms. The SMILES string of the molecule is CN(C)C/C=C/C(=O)Nc1cccc(C(=O)Nc2cccc(N)c2)c1. The lowest BCUT2D eigenvalue weighted by molar-refractivity contribution is -0.111. The van der Waals surface area contributed by atoms with E-state index in [1.807, 2.05) is 19.0 Å². The van der Waals surface area contributed by atoms with Crippen LogP contribution in [-0.4, -0.2) is 37.4 Å². The lowest BCUT2D eigenvalue weighted by atomic mass is 10.1. The maximum Gasteiger partial charge on any atom is 0.255 e. The summed E-state index contributed by atoms with van der Waals surface area (Å²) in [5, 5.41) is 5.51. The summed E-state index contributed by atoms with van der Waals surface area (Å²) in [5.74, 6) is -0.514. The Kier molecular flexibility index (Phi) is 6.31. The van der Waals surface area contributed by atoms with Crippen LogP contribution in [0.1, 0.15) is 10.4 Å². The zero-order chi connectivity index (χ0) is 18.2. The number of amides is 2. The number of rotatable bonds is 6. The monoisotopic (exact) mass is 338 g/mol. The van der Waals surface area contributed by atoms with Crippen LogP contribution in [0.3, 0.4) is 0 Å². The molecule has 0 aromatic heterocycles. The Labute approximate surface area is 147 Å². The molecule has 0 aliphatic carbocycles. The third-order valence-electron chi connectivity index (χ3n) is 3.28. The summed E-state index contributed by atoms with van der Waals surface area (Å²) >= 11 is 0. The molecule has 0 aliphatic heterocycles. The van der Waals surface area contributed by atoms with Crippen LogP contribution in [0.5, 0.6) is 0 Å². The molecule has 0 fully saturated rings. The predicted molar refractivity (Wildman–Crippen MR) is 102 cm³/mol. The van der Waals surface area contributed by atoms with E-state index < -0.39 is 0 Å². The van der Waals surface area contributed by atoms with Gasteiger partial charge in [0.25, 0.3) is 5.91 Å². The first kappa shape index (κ1) is 18.2. The van der Waals surface area contributed by atoms with Gasteiger partial charge in [0.05, 0.1) is 0 Å². The van der Waals surface area contributed by atoms with E-state index in [1.165, 1.54) is 6.08 Å². The van der Waals surface area contributed by atoms with Gasteiger partial charge < -0.3 is 21.3 Å². The minimum absolute atomic E-state index is 0.241. The van der Waals surface area contributed by atoms with Crippen LogP contribution in [-0.2, 0) is 4.79 Å². The minimum Gasteiger partial charge on any atom is -0.399 e. The molecule has 2 amide bonds. The average Bonchev–Trinajstić information content (AvgIpc) is 2.54. The Morgan fingerprint density at radius 1 is 1.04 bits per heavy atom. The second-order valence-electron chi connectivity index (χ2n) is 5.81. The van der Waals surface area contributed by atoms with Crippen molar-refractivity contribution in [1.82, 2.24) is 4.90 Å². The van der Waals surface area contributed by atoms with Crippen LogP contribution >= 0.6 is 0 Å². The molecule has 130 valence electrons. The number of nitrogens with two attached hydrogens (primary N) is 1. The number of anilines is 3. The van der Waals surface area contributed by atoms with Crippen molar-refractivity contribution < 1.29 is 9.59 Å². The molecule has 0 atom stereocenters. The molecule has 6 nitrogen and oxygen atoms in total. The van der Waals surface area contributed by atoms with E-state index in [0.29, 0.717) is 29.2 Å². The van der Waals surface area contributed by atoms with Crippen molar-refractivity contribution >= 4 is 28.9 Å². The third-order valence-corrected chi connectivity index (χ3v) is 3.28. The van der Waals surface area contributed by atoms with E-state index >= 15 is 0 Å². The second-order valence-corrected chi connectivity index (χ2v) is 5.81. The standard InChI is InChI=1S/C19H22N4O2/c1-23(2)11-5-10-18(24)21-16-8-3-6-14(12-16)19(25)22-17-9-4-7-15(20)13-17/h3-10,12-13H,11,20H2,1-2H3,(H,21,24)(H,22,25)/b10-5+. The molecule has 0 radical (unpaired) electrons. The van der Waals surface area contributed by atoms with Crippen LogP contribution < -0.4 is 16.4 Å². The van der Waals surface area contributed by atoms with Gasteiger partial charge in [0.1, 0.15) is 0 Å². The number of benzene rings is 2. The van der Waals surface area contributed by atoms with Crippen molar-refractivity contribution in [2.24, 2.45) is 0 Å². The van der Waals surface area contributed by atoms with E-state index in [9.17, 15) is 9.59 Å². The zero-order valence-electron chi connectivity index (χ0n) is 14.3. The Balaban J connectivity index is 2.01. The Morgan fingerprint density at radius 3 is 2.40 bits per heavy atom. The molecule has 0 unspecified atom stereocenters. The van der Waals surface area contributed by atoms with Crippen LogP contribution in [0.15, 0.2) is 60.7 Å². The van der Waals surface area contributed by atoms with Gasteiger partial charge in [-0.2, -0.15) is 0 Å². The normalized spacial score (nSPS) is 10.8. The van der Waals surface area contributed by atoms with Gasteiger partial charge in [0, 0.05) is 35.2 Å². The first-order valence-corrected chi connectivity index (χ1v) is 7.83. The van der Waals surface area contributed by atoms with Crippen molar-refractivity contribution in [2.45, 2.75) is 0 Å². The largest absolute Gasteiger partial charge is 0.399 e. The molecule has 4 N–H and O–H groups in total. The first-order chi connectivity index (χ1) is 11.9. The van der Waals surface area contributed by atoms with Gasteiger partial charge >= 0.3 is 0 Å². The quantitative estimate of drug-likeness (QED) is 0.558. The van der Waals surface area contributed by atoms with Crippen LogP contribution in [0, 0.1) is 0 Å². The molecule has 2 aromatic carbocycles. The van der Waals surface area contributed by atoms with Gasteiger partial charge in [0.15, 0.2) is 0 Å². The van der Waals surface area contributed by atoms with E-state index in [4.69, 9.17) is 5.73 Å². The summed E-state index contributed by atoms with van der Waals surface area (Å²) in [5.41, 5.74) is 7.89. The van der Waals surface area contributed by atoms with Crippen LogP contribution in [0.25, 0.3) is 0 Å². The molecule has 0 spiro atoms. The number of carbonyl (C=O) groups excluding carboxylic acids is 2. The smallest absolute Gasteiger partial charge is 0.255 e. The number of likely N-dealkylation sites (N-methyl/N-ethyl adjacent to an activating group) is 1. The highest BCUT2D eigenvalue weighted by Crippen LogP contribution is 2.15. The highest BCUT2D eigenvalue weighted by molar-refractivity contribution is 6.06. The van der Waals surface area contributed by atoms with Crippen molar-refractivity contribution in [3.63, 3.8) is 0 Å². The second kappa shape index (κ2) is 8.65. The minimum atomic E-state index is -0.273. The molecule has 6 heteroatoms.